The molecule has 1 unspecified atom stereocenters. The molecule has 0 spiro atoms. The van der Waals surface area contributed by atoms with Crippen molar-refractivity contribution >= 4 is 29.0 Å². The molecule has 1 saturated heterocycles. The summed E-state index contributed by atoms with van der Waals surface area (Å²) in [5, 5.41) is 17.0. The van der Waals surface area contributed by atoms with Gasteiger partial charge in [-0.2, -0.15) is 13.2 Å². The third-order valence-corrected chi connectivity index (χ3v) is 7.33. The van der Waals surface area contributed by atoms with Gasteiger partial charge in [0.25, 0.3) is 17.6 Å². The van der Waals surface area contributed by atoms with Crippen molar-refractivity contribution < 1.29 is 37.2 Å². The molecule has 3 aromatic rings. The number of halogens is 3. The molecule has 0 bridgehead atoms. The molecule has 2 amide bonds. The average Bonchev–Trinajstić information content (AvgIpc) is 3.59. The van der Waals surface area contributed by atoms with Gasteiger partial charge in [-0.1, -0.05) is 48.7 Å². The number of nitrogens with one attached hydrogen (secondary N) is 1. The third kappa shape index (κ3) is 5.49. The van der Waals surface area contributed by atoms with Crippen molar-refractivity contribution in [3.8, 4) is 11.3 Å². The molecule has 2 aliphatic rings. The Morgan fingerprint density at radius 1 is 0.975 bits per heavy atom. The number of Topliss-reactive ketones (excluding diaryl/α,β-unsaturated/α-hetero) is 1. The van der Waals surface area contributed by atoms with Gasteiger partial charge < -0.3 is 14.9 Å². The Labute approximate surface area is 227 Å². The minimum absolute atomic E-state index is 0.0215. The Kier molecular flexibility index (Phi) is 7.46. The van der Waals surface area contributed by atoms with E-state index < -0.39 is 42.1 Å². The van der Waals surface area contributed by atoms with Crippen LogP contribution in [-0.2, 0) is 9.59 Å². The average molecular weight is 554 g/mol. The number of benzene rings is 2. The number of aliphatic hydroxyl groups excluding tert-OH is 1. The standard InChI is InChI=1S/C29H26F3N3O5/c30-29(31,32)16-33-27(38)20-8-6-19(7-9-20)25(36)23-24(18-4-2-1-3-5-18)35(28(39)26(23)37)21-12-10-17(11-13-21)22-14-15-40-34-22/h6-15,18,24,36H,1-5,16H2,(H,33,38). The van der Waals surface area contributed by atoms with Gasteiger partial charge in [0.2, 0.25) is 0 Å². The van der Waals surface area contributed by atoms with E-state index in [4.69, 9.17) is 4.52 Å². The van der Waals surface area contributed by atoms with E-state index in [1.807, 2.05) is 0 Å². The Balaban J connectivity index is 1.48. The van der Waals surface area contributed by atoms with Gasteiger partial charge in [-0.05, 0) is 43.0 Å². The molecule has 208 valence electrons. The minimum atomic E-state index is -4.55. The summed E-state index contributed by atoms with van der Waals surface area (Å²) in [4.78, 5) is 40.3. The van der Waals surface area contributed by atoms with Gasteiger partial charge in [-0.15, -0.1) is 0 Å². The summed E-state index contributed by atoms with van der Waals surface area (Å²) in [6.07, 6.45) is 1.34. The van der Waals surface area contributed by atoms with Crippen LogP contribution in [0.5, 0.6) is 0 Å². The van der Waals surface area contributed by atoms with E-state index in [1.165, 1.54) is 35.4 Å². The molecule has 1 atom stereocenters. The van der Waals surface area contributed by atoms with E-state index in [9.17, 15) is 32.7 Å². The minimum Gasteiger partial charge on any atom is -0.507 e. The van der Waals surface area contributed by atoms with E-state index >= 15 is 0 Å². The highest BCUT2D eigenvalue weighted by Crippen LogP contribution is 2.41. The summed E-state index contributed by atoms with van der Waals surface area (Å²) in [5.41, 5.74) is 1.99. The van der Waals surface area contributed by atoms with Crippen molar-refractivity contribution in [2.24, 2.45) is 5.92 Å². The second kappa shape index (κ2) is 11.0. The first-order valence-electron chi connectivity index (χ1n) is 12.9. The molecule has 1 aliphatic carbocycles. The van der Waals surface area contributed by atoms with Crippen LogP contribution in [-0.4, -0.2) is 46.6 Å². The van der Waals surface area contributed by atoms with Gasteiger partial charge in [-0.3, -0.25) is 19.3 Å². The molecule has 2 heterocycles. The van der Waals surface area contributed by atoms with Gasteiger partial charge in [0.15, 0.2) is 0 Å². The fourth-order valence-electron chi connectivity index (χ4n) is 5.41. The summed E-state index contributed by atoms with van der Waals surface area (Å²) < 4.78 is 42.2. The monoisotopic (exact) mass is 553 g/mol. The molecule has 2 N–H and O–H groups in total. The Morgan fingerprint density at radius 3 is 2.23 bits per heavy atom. The van der Waals surface area contributed by atoms with E-state index in [1.54, 1.807) is 35.6 Å². The van der Waals surface area contributed by atoms with Gasteiger partial charge in [-0.25, -0.2) is 0 Å². The van der Waals surface area contributed by atoms with Crippen LogP contribution in [0, 0.1) is 5.92 Å². The Hall–Kier alpha value is -4.41. The molecule has 0 radical (unpaired) electrons. The lowest BCUT2D eigenvalue weighted by Gasteiger charge is -2.34. The maximum absolute atomic E-state index is 13.4. The number of hydrogen-bond donors (Lipinski definition) is 2. The zero-order valence-electron chi connectivity index (χ0n) is 21.3. The van der Waals surface area contributed by atoms with Crippen molar-refractivity contribution in [1.82, 2.24) is 10.5 Å². The number of carbonyl (C=O) groups is 3. The van der Waals surface area contributed by atoms with Crippen LogP contribution in [0.15, 0.2) is 71.0 Å². The highest BCUT2D eigenvalue weighted by molar-refractivity contribution is 6.51. The van der Waals surface area contributed by atoms with Crippen LogP contribution < -0.4 is 10.2 Å². The molecule has 2 fully saturated rings. The molecule has 11 heteroatoms. The maximum atomic E-state index is 13.4. The van der Waals surface area contributed by atoms with Gasteiger partial charge in [0.1, 0.15) is 24.3 Å². The van der Waals surface area contributed by atoms with Crippen molar-refractivity contribution in [1.29, 1.82) is 0 Å². The predicted molar refractivity (Wildman–Crippen MR) is 139 cm³/mol. The van der Waals surface area contributed by atoms with Crippen LogP contribution in [0.4, 0.5) is 18.9 Å². The Bertz CT molecular complexity index is 1430. The number of alkyl halides is 3. The molecule has 1 aromatic heterocycles. The first-order valence-corrected chi connectivity index (χ1v) is 12.9. The summed E-state index contributed by atoms with van der Waals surface area (Å²) in [6, 6.07) is 13.2. The Morgan fingerprint density at radius 2 is 1.62 bits per heavy atom. The highest BCUT2D eigenvalue weighted by Gasteiger charge is 2.49. The molecule has 1 saturated carbocycles. The van der Waals surface area contributed by atoms with E-state index in [0.29, 0.717) is 11.4 Å². The van der Waals surface area contributed by atoms with Gasteiger partial charge in [0, 0.05) is 28.4 Å². The largest absolute Gasteiger partial charge is 0.507 e. The van der Waals surface area contributed by atoms with Crippen molar-refractivity contribution in [2.45, 2.75) is 44.3 Å². The van der Waals surface area contributed by atoms with Crippen LogP contribution in [0.3, 0.4) is 0 Å². The molecular formula is C29H26F3N3O5. The normalized spacial score (nSPS) is 19.7. The third-order valence-electron chi connectivity index (χ3n) is 7.33. The second-order valence-corrected chi connectivity index (χ2v) is 9.92. The first-order chi connectivity index (χ1) is 19.1. The molecular weight excluding hydrogens is 527 g/mol. The van der Waals surface area contributed by atoms with Crippen LogP contribution in [0.25, 0.3) is 17.0 Å². The summed E-state index contributed by atoms with van der Waals surface area (Å²) >= 11 is 0. The van der Waals surface area contributed by atoms with Crippen molar-refractivity contribution in [3.05, 3.63) is 77.6 Å². The topological polar surface area (TPSA) is 113 Å². The van der Waals surface area contributed by atoms with Gasteiger partial charge >= 0.3 is 6.18 Å². The number of anilines is 1. The summed E-state index contributed by atoms with van der Waals surface area (Å²) in [7, 11) is 0. The van der Waals surface area contributed by atoms with Gasteiger partial charge in [0.05, 0.1) is 11.6 Å². The lowest BCUT2D eigenvalue weighted by atomic mass is 9.80. The van der Waals surface area contributed by atoms with E-state index in [-0.39, 0.29) is 22.6 Å². The van der Waals surface area contributed by atoms with E-state index in [2.05, 4.69) is 5.16 Å². The first kappa shape index (κ1) is 27.2. The lowest BCUT2D eigenvalue weighted by molar-refractivity contribution is -0.132. The molecule has 2 aromatic carbocycles. The van der Waals surface area contributed by atoms with Crippen molar-refractivity contribution in [2.75, 3.05) is 11.4 Å². The molecule has 5 rings (SSSR count). The lowest BCUT2D eigenvalue weighted by Crippen LogP contribution is -2.40. The predicted octanol–water partition coefficient (Wildman–Crippen LogP) is 5.47. The highest BCUT2D eigenvalue weighted by atomic mass is 19.4. The fraction of sp³-hybridized carbons (Fsp3) is 0.310. The van der Waals surface area contributed by atoms with Crippen LogP contribution >= 0.6 is 0 Å². The molecule has 8 nitrogen and oxygen atoms in total. The van der Waals surface area contributed by atoms with Crippen LogP contribution in [0.2, 0.25) is 0 Å². The quantitative estimate of drug-likeness (QED) is 0.238. The zero-order chi connectivity index (χ0) is 28.4. The number of nitrogens with zero attached hydrogens (tertiary/aromatic N) is 2. The number of hydrogen-bond acceptors (Lipinski definition) is 6. The number of aliphatic hydroxyl groups is 1. The second-order valence-electron chi connectivity index (χ2n) is 9.92. The number of amides is 2. The number of aromatic nitrogens is 1. The smallest absolute Gasteiger partial charge is 0.405 e. The SMILES string of the molecule is O=C1C(=O)N(c2ccc(-c3ccon3)cc2)C(C2CCCCC2)C1=C(O)c1ccc(C(=O)NCC(F)(F)F)cc1. The fourth-order valence-corrected chi connectivity index (χ4v) is 5.41. The van der Waals surface area contributed by atoms with Crippen LogP contribution in [0.1, 0.15) is 48.0 Å². The maximum Gasteiger partial charge on any atom is 0.405 e. The summed E-state index contributed by atoms with van der Waals surface area (Å²) in [5.74, 6) is -2.96. The molecule has 40 heavy (non-hydrogen) atoms. The number of ketones is 1. The molecule has 1 aliphatic heterocycles. The summed E-state index contributed by atoms with van der Waals surface area (Å²) in [6.45, 7) is -1.47. The van der Waals surface area contributed by atoms with Crippen molar-refractivity contribution in [3.63, 3.8) is 0 Å². The number of rotatable bonds is 6. The zero-order valence-corrected chi connectivity index (χ0v) is 21.3. The number of carbonyl (C=O) groups excluding carboxylic acids is 3. The van der Waals surface area contributed by atoms with E-state index in [0.717, 1.165) is 37.7 Å².